The molecular formula is C18H12ClFN6O3. The summed E-state index contributed by atoms with van der Waals surface area (Å²) in [5.41, 5.74) is 1.31. The van der Waals surface area contributed by atoms with Crippen molar-refractivity contribution in [1.82, 2.24) is 30.0 Å². The van der Waals surface area contributed by atoms with E-state index in [4.69, 9.17) is 21.4 Å². The van der Waals surface area contributed by atoms with Crippen LogP contribution in [0.25, 0.3) is 17.1 Å². The average molecular weight is 415 g/mol. The Labute approximate surface area is 167 Å². The van der Waals surface area contributed by atoms with Crippen LogP contribution in [0.5, 0.6) is 11.5 Å². The lowest BCUT2D eigenvalue weighted by atomic mass is 10.3. The Morgan fingerprint density at radius 3 is 2.76 bits per heavy atom. The first-order chi connectivity index (χ1) is 14.0. The van der Waals surface area contributed by atoms with Gasteiger partial charge in [0.25, 0.3) is 0 Å². The monoisotopic (exact) mass is 414 g/mol. The van der Waals surface area contributed by atoms with Crippen molar-refractivity contribution in [2.75, 3.05) is 0 Å². The molecule has 0 atom stereocenters. The number of halogens is 2. The van der Waals surface area contributed by atoms with Crippen LogP contribution in [-0.2, 0) is 11.3 Å². The normalized spacial score (nSPS) is 10.8. The van der Waals surface area contributed by atoms with Crippen molar-refractivity contribution in [3.63, 3.8) is 0 Å². The fourth-order valence-corrected chi connectivity index (χ4v) is 2.63. The molecule has 2 aromatic carbocycles. The maximum atomic E-state index is 13.3. The third-order valence-corrected chi connectivity index (χ3v) is 4.10. The number of rotatable bonds is 6. The molecule has 9 nitrogen and oxygen atoms in total. The molecule has 2 heterocycles. The number of carboxylic acid groups (broad SMARTS) is 1. The summed E-state index contributed by atoms with van der Waals surface area (Å²) in [7, 11) is 0. The van der Waals surface area contributed by atoms with E-state index in [9.17, 15) is 9.18 Å². The molecule has 146 valence electrons. The van der Waals surface area contributed by atoms with E-state index in [-0.39, 0.29) is 18.1 Å². The van der Waals surface area contributed by atoms with Gasteiger partial charge in [-0.25, -0.2) is 9.07 Å². The van der Waals surface area contributed by atoms with Gasteiger partial charge in [-0.1, -0.05) is 11.6 Å². The van der Waals surface area contributed by atoms with Crippen LogP contribution in [0.1, 0.15) is 0 Å². The molecule has 0 amide bonds. The highest BCUT2D eigenvalue weighted by Gasteiger charge is 2.11. The first kappa shape index (κ1) is 18.6. The molecule has 2 aromatic heterocycles. The first-order valence-corrected chi connectivity index (χ1v) is 8.64. The van der Waals surface area contributed by atoms with Gasteiger partial charge in [0.2, 0.25) is 5.82 Å². The van der Waals surface area contributed by atoms with E-state index in [0.717, 1.165) is 10.5 Å². The molecule has 29 heavy (non-hydrogen) atoms. The lowest BCUT2D eigenvalue weighted by molar-refractivity contribution is -0.138. The lowest BCUT2D eigenvalue weighted by Crippen LogP contribution is -2.11. The van der Waals surface area contributed by atoms with Gasteiger partial charge in [-0.3, -0.25) is 4.79 Å². The predicted octanol–water partition coefficient (Wildman–Crippen LogP) is 3.20. The second kappa shape index (κ2) is 7.68. The maximum Gasteiger partial charge on any atom is 0.327 e. The Balaban J connectivity index is 1.50. The highest BCUT2D eigenvalue weighted by molar-refractivity contribution is 6.32. The quantitative estimate of drug-likeness (QED) is 0.516. The molecule has 0 aliphatic carbocycles. The van der Waals surface area contributed by atoms with Gasteiger partial charge in [-0.05, 0) is 41.6 Å². The Morgan fingerprint density at radius 1 is 1.21 bits per heavy atom. The molecule has 0 radical (unpaired) electrons. The zero-order valence-corrected chi connectivity index (χ0v) is 15.4. The van der Waals surface area contributed by atoms with Crippen molar-refractivity contribution < 1.29 is 19.0 Å². The minimum absolute atomic E-state index is 0.219. The van der Waals surface area contributed by atoms with E-state index >= 15 is 0 Å². The standard InChI is InChI=1S/C18H12ClFN6O3/c19-15-6-1-12(20)7-16(15)29-14-4-2-13(3-5-14)25-9-11(8-21-25)18-22-24-26(23-18)10-17(27)28/h1-9H,10H2,(H,27,28). The third kappa shape index (κ3) is 4.22. The van der Waals surface area contributed by atoms with Crippen molar-refractivity contribution in [3.05, 3.63) is 65.7 Å². The second-order valence-corrected chi connectivity index (χ2v) is 6.29. The molecule has 0 spiro atoms. The largest absolute Gasteiger partial charge is 0.480 e. The number of hydrogen-bond donors (Lipinski definition) is 1. The van der Waals surface area contributed by atoms with Crippen molar-refractivity contribution in [1.29, 1.82) is 0 Å². The number of carbonyl (C=O) groups is 1. The van der Waals surface area contributed by atoms with E-state index in [1.54, 1.807) is 41.3 Å². The zero-order chi connectivity index (χ0) is 20.4. The van der Waals surface area contributed by atoms with Crippen molar-refractivity contribution in [2.24, 2.45) is 0 Å². The van der Waals surface area contributed by atoms with Crippen LogP contribution in [0, 0.1) is 5.82 Å². The van der Waals surface area contributed by atoms with E-state index in [1.165, 1.54) is 18.2 Å². The smallest absolute Gasteiger partial charge is 0.327 e. The maximum absolute atomic E-state index is 13.3. The highest BCUT2D eigenvalue weighted by Crippen LogP contribution is 2.30. The van der Waals surface area contributed by atoms with Crippen LogP contribution in [0.2, 0.25) is 5.02 Å². The summed E-state index contributed by atoms with van der Waals surface area (Å²) in [6.45, 7) is -0.377. The number of tetrazole rings is 1. The second-order valence-electron chi connectivity index (χ2n) is 5.88. The van der Waals surface area contributed by atoms with E-state index < -0.39 is 11.8 Å². The number of nitrogens with zero attached hydrogens (tertiary/aromatic N) is 6. The Bertz CT molecular complexity index is 1170. The van der Waals surface area contributed by atoms with Gasteiger partial charge < -0.3 is 9.84 Å². The van der Waals surface area contributed by atoms with Crippen LogP contribution < -0.4 is 4.74 Å². The van der Waals surface area contributed by atoms with Crippen LogP contribution in [0.4, 0.5) is 4.39 Å². The van der Waals surface area contributed by atoms with Crippen LogP contribution in [-0.4, -0.2) is 41.1 Å². The van der Waals surface area contributed by atoms with Gasteiger partial charge in [0.1, 0.15) is 17.3 Å². The van der Waals surface area contributed by atoms with Gasteiger partial charge in [-0.2, -0.15) is 9.90 Å². The molecule has 0 aliphatic rings. The van der Waals surface area contributed by atoms with E-state index in [1.807, 2.05) is 0 Å². The summed E-state index contributed by atoms with van der Waals surface area (Å²) in [5.74, 6) is -0.549. The van der Waals surface area contributed by atoms with Crippen molar-refractivity contribution >= 4 is 17.6 Å². The summed E-state index contributed by atoms with van der Waals surface area (Å²) in [6, 6.07) is 10.8. The van der Waals surface area contributed by atoms with Gasteiger partial charge in [0.05, 0.1) is 22.5 Å². The minimum Gasteiger partial charge on any atom is -0.480 e. The van der Waals surface area contributed by atoms with Crippen molar-refractivity contribution in [3.8, 4) is 28.6 Å². The molecule has 1 N–H and O–H groups in total. The number of hydrogen-bond acceptors (Lipinski definition) is 6. The Morgan fingerprint density at radius 2 is 2.00 bits per heavy atom. The number of carboxylic acids is 1. The third-order valence-electron chi connectivity index (χ3n) is 3.79. The lowest BCUT2D eigenvalue weighted by Gasteiger charge is -2.08. The molecule has 0 fully saturated rings. The van der Waals surface area contributed by atoms with Gasteiger partial charge in [0.15, 0.2) is 6.54 Å². The predicted molar refractivity (Wildman–Crippen MR) is 99.5 cm³/mol. The molecule has 0 unspecified atom stereocenters. The Hall–Kier alpha value is -3.79. The zero-order valence-electron chi connectivity index (χ0n) is 14.6. The average Bonchev–Trinajstić information content (AvgIpc) is 3.34. The molecule has 0 aliphatic heterocycles. The topological polar surface area (TPSA) is 108 Å². The molecule has 4 rings (SSSR count). The summed E-state index contributed by atoms with van der Waals surface area (Å²) in [6.07, 6.45) is 3.22. The SMILES string of the molecule is O=C(O)Cn1nnc(-c2cnn(-c3ccc(Oc4cc(F)ccc4Cl)cc3)c2)n1. The fraction of sp³-hybridized carbons (Fsp3) is 0.0556. The van der Waals surface area contributed by atoms with Crippen LogP contribution in [0.15, 0.2) is 54.9 Å². The minimum atomic E-state index is -1.06. The van der Waals surface area contributed by atoms with E-state index in [2.05, 4.69) is 20.5 Å². The first-order valence-electron chi connectivity index (χ1n) is 8.26. The summed E-state index contributed by atoms with van der Waals surface area (Å²) < 4.78 is 20.5. The summed E-state index contributed by atoms with van der Waals surface area (Å²) in [4.78, 5) is 11.7. The Kier molecular flexibility index (Phi) is 4.92. The van der Waals surface area contributed by atoms with Crippen molar-refractivity contribution in [2.45, 2.75) is 6.54 Å². The number of aliphatic carboxylic acids is 1. The molecule has 0 bridgehead atoms. The molecule has 4 aromatic rings. The summed E-state index contributed by atoms with van der Waals surface area (Å²) >= 11 is 6.01. The van der Waals surface area contributed by atoms with E-state index in [0.29, 0.717) is 16.3 Å². The number of ether oxygens (including phenoxy) is 1. The van der Waals surface area contributed by atoms with Gasteiger partial charge in [0, 0.05) is 12.3 Å². The van der Waals surface area contributed by atoms with Crippen LogP contribution in [0.3, 0.4) is 0 Å². The highest BCUT2D eigenvalue weighted by atomic mass is 35.5. The summed E-state index contributed by atoms with van der Waals surface area (Å²) in [5, 5.41) is 24.8. The number of aromatic nitrogens is 6. The number of benzene rings is 2. The molecule has 0 saturated heterocycles. The fourth-order valence-electron chi connectivity index (χ4n) is 2.48. The van der Waals surface area contributed by atoms with Crippen LogP contribution >= 0.6 is 11.6 Å². The van der Waals surface area contributed by atoms with Gasteiger partial charge >= 0.3 is 5.97 Å². The molecule has 11 heteroatoms. The van der Waals surface area contributed by atoms with Gasteiger partial charge in [-0.15, -0.1) is 10.2 Å². The molecule has 0 saturated carbocycles. The molecular weight excluding hydrogens is 403 g/mol.